The van der Waals surface area contributed by atoms with Crippen molar-refractivity contribution in [3.63, 3.8) is 0 Å². The van der Waals surface area contributed by atoms with Crippen molar-refractivity contribution in [2.24, 2.45) is 0 Å². The summed E-state index contributed by atoms with van der Waals surface area (Å²) in [6.45, 7) is 2.15. The first kappa shape index (κ1) is 7.39. The Morgan fingerprint density at radius 1 is 1.30 bits per heavy atom. The quantitative estimate of drug-likeness (QED) is 0.506. The molecule has 0 atom stereocenters. The van der Waals surface area contributed by atoms with E-state index >= 15 is 0 Å². The molecule has 1 nitrogen and oxygen atoms in total. The van der Waals surface area contributed by atoms with Gasteiger partial charge in [0.1, 0.15) is 0 Å². The SMILES string of the molecule is COC1=CCCC=C(C)C1. The van der Waals surface area contributed by atoms with E-state index in [4.69, 9.17) is 4.74 Å². The van der Waals surface area contributed by atoms with Gasteiger partial charge in [0, 0.05) is 6.42 Å². The number of rotatable bonds is 1. The summed E-state index contributed by atoms with van der Waals surface area (Å²) in [6, 6.07) is 0. The maximum Gasteiger partial charge on any atom is 0.0956 e. The minimum atomic E-state index is 0.997. The van der Waals surface area contributed by atoms with E-state index in [-0.39, 0.29) is 0 Å². The summed E-state index contributed by atoms with van der Waals surface area (Å²) in [7, 11) is 1.74. The predicted molar refractivity (Wildman–Crippen MR) is 42.7 cm³/mol. The topological polar surface area (TPSA) is 9.23 Å². The number of ether oxygens (including phenoxy) is 1. The second-order valence-electron chi connectivity index (χ2n) is 2.68. The number of allylic oxidation sites excluding steroid dienone is 3. The van der Waals surface area contributed by atoms with Crippen LogP contribution >= 0.6 is 0 Å². The maximum atomic E-state index is 5.16. The van der Waals surface area contributed by atoms with Gasteiger partial charge in [-0.1, -0.05) is 11.6 Å². The first-order valence-corrected chi connectivity index (χ1v) is 3.71. The molecule has 1 aliphatic carbocycles. The van der Waals surface area contributed by atoms with Crippen LogP contribution in [0, 0.1) is 0 Å². The van der Waals surface area contributed by atoms with Gasteiger partial charge in [-0.05, 0) is 25.8 Å². The van der Waals surface area contributed by atoms with E-state index in [0.717, 1.165) is 18.6 Å². The van der Waals surface area contributed by atoms with Gasteiger partial charge in [-0.3, -0.25) is 0 Å². The van der Waals surface area contributed by atoms with Crippen LogP contribution in [0.25, 0.3) is 0 Å². The molecule has 0 aromatic rings. The highest BCUT2D eigenvalue weighted by Gasteiger charge is 2.00. The second kappa shape index (κ2) is 3.45. The molecule has 1 rings (SSSR count). The smallest absolute Gasteiger partial charge is 0.0956 e. The molecule has 0 spiro atoms. The normalized spacial score (nSPS) is 19.0. The van der Waals surface area contributed by atoms with E-state index in [9.17, 15) is 0 Å². The molecular weight excluding hydrogens is 124 g/mol. The number of hydrogen-bond acceptors (Lipinski definition) is 1. The molecule has 1 heteroatoms. The Morgan fingerprint density at radius 3 is 2.70 bits per heavy atom. The third-order valence-corrected chi connectivity index (χ3v) is 1.75. The lowest BCUT2D eigenvalue weighted by Crippen LogP contribution is -1.85. The van der Waals surface area contributed by atoms with Crippen molar-refractivity contribution < 1.29 is 4.74 Å². The molecule has 56 valence electrons. The molecule has 0 N–H and O–H groups in total. The Kier molecular flexibility index (Phi) is 2.55. The van der Waals surface area contributed by atoms with Crippen LogP contribution < -0.4 is 0 Å². The highest BCUT2D eigenvalue weighted by molar-refractivity contribution is 5.12. The molecule has 0 aliphatic heterocycles. The summed E-state index contributed by atoms with van der Waals surface area (Å²) in [6.07, 6.45) is 7.74. The molecule has 0 unspecified atom stereocenters. The van der Waals surface area contributed by atoms with Gasteiger partial charge in [0.25, 0.3) is 0 Å². The molecule has 10 heavy (non-hydrogen) atoms. The van der Waals surface area contributed by atoms with Crippen LogP contribution in [-0.2, 0) is 4.74 Å². The molecule has 0 amide bonds. The molecular formula is C9H14O. The van der Waals surface area contributed by atoms with Crippen LogP contribution in [0.2, 0.25) is 0 Å². The molecule has 0 saturated heterocycles. The van der Waals surface area contributed by atoms with E-state index in [1.54, 1.807) is 7.11 Å². The van der Waals surface area contributed by atoms with Crippen molar-refractivity contribution in [1.29, 1.82) is 0 Å². The highest BCUT2D eigenvalue weighted by Crippen LogP contribution is 2.17. The van der Waals surface area contributed by atoms with Crippen LogP contribution in [0.4, 0.5) is 0 Å². The largest absolute Gasteiger partial charge is 0.501 e. The lowest BCUT2D eigenvalue weighted by atomic mass is 10.2. The third-order valence-electron chi connectivity index (χ3n) is 1.75. The van der Waals surface area contributed by atoms with Crippen molar-refractivity contribution in [3.8, 4) is 0 Å². The van der Waals surface area contributed by atoms with Crippen LogP contribution in [0.1, 0.15) is 26.2 Å². The Hall–Kier alpha value is -0.720. The number of methoxy groups -OCH3 is 1. The van der Waals surface area contributed by atoms with E-state index < -0.39 is 0 Å². The first-order chi connectivity index (χ1) is 4.83. The summed E-state index contributed by atoms with van der Waals surface area (Å²) in [5, 5.41) is 0. The van der Waals surface area contributed by atoms with Crippen LogP contribution in [-0.4, -0.2) is 7.11 Å². The zero-order chi connectivity index (χ0) is 7.40. The van der Waals surface area contributed by atoms with E-state index in [1.807, 2.05) is 0 Å². The summed E-state index contributed by atoms with van der Waals surface area (Å²) in [5.41, 5.74) is 1.42. The van der Waals surface area contributed by atoms with Gasteiger partial charge < -0.3 is 4.74 Å². The molecule has 0 heterocycles. The third kappa shape index (κ3) is 1.90. The summed E-state index contributed by atoms with van der Waals surface area (Å²) >= 11 is 0. The van der Waals surface area contributed by atoms with E-state index in [2.05, 4.69) is 19.1 Å². The predicted octanol–water partition coefficient (Wildman–Crippen LogP) is 2.65. The molecule has 1 aliphatic rings. The second-order valence-corrected chi connectivity index (χ2v) is 2.68. The maximum absolute atomic E-state index is 5.16. The summed E-state index contributed by atoms with van der Waals surface area (Å²) < 4.78 is 5.16. The zero-order valence-electron chi connectivity index (χ0n) is 6.68. The average molecular weight is 138 g/mol. The molecule has 0 fully saturated rings. The van der Waals surface area contributed by atoms with Gasteiger partial charge in [0.2, 0.25) is 0 Å². The van der Waals surface area contributed by atoms with E-state index in [0.29, 0.717) is 0 Å². The first-order valence-electron chi connectivity index (χ1n) is 3.71. The lowest BCUT2D eigenvalue weighted by molar-refractivity contribution is 0.282. The van der Waals surface area contributed by atoms with Gasteiger partial charge in [-0.15, -0.1) is 0 Å². The molecule has 0 aromatic carbocycles. The molecule has 0 saturated carbocycles. The van der Waals surface area contributed by atoms with Crippen LogP contribution in [0.3, 0.4) is 0 Å². The van der Waals surface area contributed by atoms with Gasteiger partial charge >= 0.3 is 0 Å². The fourth-order valence-corrected chi connectivity index (χ4v) is 1.15. The number of hydrogen-bond donors (Lipinski definition) is 0. The van der Waals surface area contributed by atoms with Gasteiger partial charge in [-0.25, -0.2) is 0 Å². The summed E-state index contributed by atoms with van der Waals surface area (Å²) in [4.78, 5) is 0. The molecule has 0 bridgehead atoms. The fraction of sp³-hybridized carbons (Fsp3) is 0.556. The standard InChI is InChI=1S/C9H14O/c1-8-5-3-4-6-9(7-8)10-2/h5-6H,3-4,7H2,1-2H3. The van der Waals surface area contributed by atoms with Gasteiger partial charge in [-0.2, -0.15) is 0 Å². The average Bonchev–Trinajstić information content (AvgIpc) is 2.13. The van der Waals surface area contributed by atoms with Crippen molar-refractivity contribution >= 4 is 0 Å². The molecule has 0 radical (unpaired) electrons. The summed E-state index contributed by atoms with van der Waals surface area (Å²) in [5.74, 6) is 1.12. The van der Waals surface area contributed by atoms with Gasteiger partial charge in [0.05, 0.1) is 12.9 Å². The minimum Gasteiger partial charge on any atom is -0.501 e. The highest BCUT2D eigenvalue weighted by atomic mass is 16.5. The van der Waals surface area contributed by atoms with Crippen molar-refractivity contribution in [3.05, 3.63) is 23.5 Å². The zero-order valence-corrected chi connectivity index (χ0v) is 6.68. The van der Waals surface area contributed by atoms with Crippen molar-refractivity contribution in [2.45, 2.75) is 26.2 Å². The Balaban J connectivity index is 2.59. The minimum absolute atomic E-state index is 0.997. The van der Waals surface area contributed by atoms with Gasteiger partial charge in [0.15, 0.2) is 0 Å². The Labute approximate surface area is 62.4 Å². The van der Waals surface area contributed by atoms with Crippen LogP contribution in [0.5, 0.6) is 0 Å². The van der Waals surface area contributed by atoms with Crippen LogP contribution in [0.15, 0.2) is 23.5 Å². The molecule has 0 aromatic heterocycles. The van der Waals surface area contributed by atoms with Crippen molar-refractivity contribution in [1.82, 2.24) is 0 Å². The van der Waals surface area contributed by atoms with Crippen molar-refractivity contribution in [2.75, 3.05) is 7.11 Å². The Bertz CT molecular complexity index is 166. The Morgan fingerprint density at radius 2 is 2.00 bits per heavy atom. The monoisotopic (exact) mass is 138 g/mol. The fourth-order valence-electron chi connectivity index (χ4n) is 1.15. The van der Waals surface area contributed by atoms with E-state index in [1.165, 1.54) is 12.0 Å². The lowest BCUT2D eigenvalue weighted by Gasteiger charge is -2.02.